The van der Waals surface area contributed by atoms with E-state index in [-0.39, 0.29) is 29.0 Å². The second-order valence-electron chi connectivity index (χ2n) is 8.34. The fourth-order valence-electron chi connectivity index (χ4n) is 3.87. The van der Waals surface area contributed by atoms with E-state index in [0.29, 0.717) is 36.4 Å². The molecule has 0 radical (unpaired) electrons. The lowest BCUT2D eigenvalue weighted by molar-refractivity contribution is 0.0773. The van der Waals surface area contributed by atoms with Gasteiger partial charge in [-0.05, 0) is 57.4 Å². The molecular weight excluding hydrogens is 430 g/mol. The fraction of sp³-hybridized carbons (Fsp3) is 0.500. The largest absolute Gasteiger partial charge is 0.493 e. The van der Waals surface area contributed by atoms with Crippen LogP contribution < -0.4 is 5.56 Å². The van der Waals surface area contributed by atoms with Crippen LogP contribution in [-0.2, 0) is 6.54 Å². The zero-order chi connectivity index (χ0) is 25.3. The number of amides is 1. The Kier molecular flexibility index (Phi) is 9.99. The summed E-state index contributed by atoms with van der Waals surface area (Å²) in [4.78, 5) is 27.1. The number of azo groups is 1. The average molecular weight is 466 g/mol. The Labute approximate surface area is 201 Å². The molecule has 0 spiro atoms. The quantitative estimate of drug-likeness (QED) is 0.420. The summed E-state index contributed by atoms with van der Waals surface area (Å²) in [5, 5.41) is 28.9. The molecule has 0 fully saturated rings. The van der Waals surface area contributed by atoms with Crippen molar-refractivity contribution in [2.24, 2.45) is 16.1 Å². The molecule has 8 nitrogen and oxygen atoms in total. The number of benzene rings is 1. The molecule has 1 heterocycles. The Morgan fingerprint density at radius 3 is 2.32 bits per heavy atom. The van der Waals surface area contributed by atoms with Gasteiger partial charge in [0.25, 0.3) is 11.5 Å². The topological polar surface area (TPSA) is 111 Å². The third kappa shape index (κ3) is 6.10. The number of carbonyl (C=O) groups excluding carboxylic acids is 1. The van der Waals surface area contributed by atoms with Gasteiger partial charge >= 0.3 is 0 Å². The number of hydrogen-bond donors (Lipinski definition) is 1. The maximum Gasteiger partial charge on any atom is 0.271 e. The Morgan fingerprint density at radius 1 is 1.15 bits per heavy atom. The van der Waals surface area contributed by atoms with Crippen LogP contribution in [0.1, 0.15) is 74.9 Å². The Balaban J connectivity index is 2.41. The second kappa shape index (κ2) is 12.7. The molecule has 2 rings (SSSR count). The number of rotatable bonds is 11. The van der Waals surface area contributed by atoms with Gasteiger partial charge in [-0.25, -0.2) is 0 Å². The van der Waals surface area contributed by atoms with Gasteiger partial charge in [0.05, 0.1) is 5.69 Å². The van der Waals surface area contributed by atoms with E-state index >= 15 is 0 Å². The monoisotopic (exact) mass is 465 g/mol. The molecule has 1 unspecified atom stereocenters. The Hall–Kier alpha value is -3.47. The third-order valence-electron chi connectivity index (χ3n) is 6.18. The van der Waals surface area contributed by atoms with Crippen molar-refractivity contribution in [3.05, 3.63) is 51.3 Å². The van der Waals surface area contributed by atoms with Gasteiger partial charge in [-0.2, -0.15) is 10.4 Å². The molecule has 0 bridgehead atoms. The van der Waals surface area contributed by atoms with Crippen molar-refractivity contribution in [3.8, 4) is 11.9 Å². The Bertz CT molecular complexity index is 1110. The van der Waals surface area contributed by atoms with E-state index in [1.807, 2.05) is 19.9 Å². The first-order valence-corrected chi connectivity index (χ1v) is 12.0. The lowest BCUT2D eigenvalue weighted by atomic mass is 9.99. The van der Waals surface area contributed by atoms with Crippen molar-refractivity contribution >= 4 is 17.3 Å². The van der Waals surface area contributed by atoms with E-state index < -0.39 is 5.56 Å². The smallest absolute Gasteiger partial charge is 0.271 e. The summed E-state index contributed by atoms with van der Waals surface area (Å²) < 4.78 is 1.25. The zero-order valence-electron chi connectivity index (χ0n) is 20.8. The summed E-state index contributed by atoms with van der Waals surface area (Å²) in [5.74, 6) is -0.131. The highest BCUT2D eigenvalue weighted by Crippen LogP contribution is 2.33. The molecular formula is C26H35N5O3. The van der Waals surface area contributed by atoms with Crippen LogP contribution in [0.5, 0.6) is 5.88 Å². The Morgan fingerprint density at radius 2 is 1.79 bits per heavy atom. The first kappa shape index (κ1) is 26.8. The van der Waals surface area contributed by atoms with Crippen LogP contribution in [0.15, 0.2) is 39.3 Å². The van der Waals surface area contributed by atoms with Crippen LogP contribution in [0, 0.1) is 24.2 Å². The standard InChI is InChI=1S/C26H35N5O3/c1-6-10-11-19(7-2)17-31-25(33)22(16-27)18(5)23(26(31)34)29-28-21-14-12-20(13-15-21)24(32)30(8-3)9-4/h12-15,19,34H,6-11,17H2,1-5H3/b29-28+. The number of unbranched alkanes of at least 4 members (excludes halogenated alkanes) is 1. The predicted octanol–water partition coefficient (Wildman–Crippen LogP) is 5.85. The number of carbonyl (C=O) groups is 1. The summed E-state index contributed by atoms with van der Waals surface area (Å²) >= 11 is 0. The fourth-order valence-corrected chi connectivity index (χ4v) is 3.87. The zero-order valence-corrected chi connectivity index (χ0v) is 20.8. The minimum Gasteiger partial charge on any atom is -0.493 e. The van der Waals surface area contributed by atoms with E-state index in [4.69, 9.17) is 0 Å². The van der Waals surface area contributed by atoms with Crippen LogP contribution in [-0.4, -0.2) is 33.6 Å². The minimum absolute atomic E-state index is 0.0442. The molecule has 0 saturated carbocycles. The van der Waals surface area contributed by atoms with Crippen molar-refractivity contribution in [1.29, 1.82) is 5.26 Å². The highest BCUT2D eigenvalue weighted by atomic mass is 16.3. The van der Waals surface area contributed by atoms with Gasteiger partial charge in [-0.3, -0.25) is 14.2 Å². The molecule has 1 amide bonds. The summed E-state index contributed by atoms with van der Waals surface area (Å²) in [6.45, 7) is 11.2. The van der Waals surface area contributed by atoms with Crippen molar-refractivity contribution < 1.29 is 9.90 Å². The van der Waals surface area contributed by atoms with Crippen molar-refractivity contribution in [2.45, 2.75) is 66.8 Å². The summed E-state index contributed by atoms with van der Waals surface area (Å²) in [7, 11) is 0. The van der Waals surface area contributed by atoms with Crippen molar-refractivity contribution in [1.82, 2.24) is 9.47 Å². The highest BCUT2D eigenvalue weighted by Gasteiger charge is 2.21. The number of aromatic nitrogens is 1. The average Bonchev–Trinajstić information content (AvgIpc) is 2.85. The number of hydrogen-bond acceptors (Lipinski definition) is 6. The van der Waals surface area contributed by atoms with Gasteiger partial charge in [0.15, 0.2) is 5.69 Å². The molecule has 0 aliphatic carbocycles. The maximum atomic E-state index is 12.9. The molecule has 2 aromatic rings. The van der Waals surface area contributed by atoms with Gasteiger partial charge in [0, 0.05) is 30.8 Å². The first-order valence-electron chi connectivity index (χ1n) is 12.0. The lowest BCUT2D eigenvalue weighted by Gasteiger charge is -2.19. The normalized spacial score (nSPS) is 12.0. The molecule has 0 aliphatic rings. The molecule has 34 heavy (non-hydrogen) atoms. The number of aromatic hydroxyl groups is 1. The highest BCUT2D eigenvalue weighted by molar-refractivity contribution is 5.94. The van der Waals surface area contributed by atoms with Crippen LogP contribution in [0.4, 0.5) is 11.4 Å². The van der Waals surface area contributed by atoms with Crippen LogP contribution in [0.2, 0.25) is 0 Å². The summed E-state index contributed by atoms with van der Waals surface area (Å²) in [6, 6.07) is 8.67. The summed E-state index contributed by atoms with van der Waals surface area (Å²) in [6.07, 6.45) is 3.87. The minimum atomic E-state index is -0.509. The van der Waals surface area contributed by atoms with Gasteiger partial charge in [-0.15, -0.1) is 5.11 Å². The van der Waals surface area contributed by atoms with Crippen LogP contribution in [0.3, 0.4) is 0 Å². The lowest BCUT2D eigenvalue weighted by Crippen LogP contribution is -2.30. The molecule has 1 N–H and O–H groups in total. The maximum absolute atomic E-state index is 12.9. The van der Waals surface area contributed by atoms with Crippen LogP contribution in [0.25, 0.3) is 0 Å². The van der Waals surface area contributed by atoms with Crippen molar-refractivity contribution in [3.63, 3.8) is 0 Å². The van der Waals surface area contributed by atoms with Crippen LogP contribution >= 0.6 is 0 Å². The molecule has 1 atom stereocenters. The van der Waals surface area contributed by atoms with Gasteiger partial charge in [0.1, 0.15) is 11.6 Å². The molecule has 182 valence electrons. The molecule has 0 saturated heterocycles. The number of nitriles is 1. The molecule has 1 aromatic heterocycles. The van der Waals surface area contributed by atoms with E-state index in [9.17, 15) is 20.0 Å². The van der Waals surface area contributed by atoms with E-state index in [1.54, 1.807) is 36.1 Å². The molecule has 1 aromatic carbocycles. The summed E-state index contributed by atoms with van der Waals surface area (Å²) in [5.41, 5.74) is 0.882. The first-order chi connectivity index (χ1) is 16.3. The van der Waals surface area contributed by atoms with Crippen molar-refractivity contribution in [2.75, 3.05) is 13.1 Å². The van der Waals surface area contributed by atoms with E-state index in [1.165, 1.54) is 4.57 Å². The SMILES string of the molecule is CCCCC(CC)Cn1c(O)c(/N=N/c2ccc(C(=O)N(CC)CC)cc2)c(C)c(C#N)c1=O. The molecule has 0 aliphatic heterocycles. The van der Waals surface area contributed by atoms with Gasteiger partial charge < -0.3 is 10.0 Å². The third-order valence-corrected chi connectivity index (χ3v) is 6.18. The molecule has 8 heteroatoms. The van der Waals surface area contributed by atoms with E-state index in [2.05, 4.69) is 24.1 Å². The number of nitrogens with zero attached hydrogens (tertiary/aromatic N) is 5. The predicted molar refractivity (Wildman–Crippen MR) is 133 cm³/mol. The van der Waals surface area contributed by atoms with Gasteiger partial charge in [-0.1, -0.05) is 33.1 Å². The number of pyridine rings is 1. The second-order valence-corrected chi connectivity index (χ2v) is 8.34. The van der Waals surface area contributed by atoms with Gasteiger partial charge in [0.2, 0.25) is 5.88 Å². The van der Waals surface area contributed by atoms with E-state index in [0.717, 1.165) is 25.7 Å².